The Kier molecular flexibility index (Phi) is 6.81. The molecule has 0 aliphatic carbocycles. The van der Waals surface area contributed by atoms with Gasteiger partial charge in [-0.1, -0.05) is 29.4 Å². The summed E-state index contributed by atoms with van der Waals surface area (Å²) in [4.78, 5) is 15.0. The maximum absolute atomic E-state index is 13.5. The highest BCUT2D eigenvalue weighted by atomic mass is 16.6. The van der Waals surface area contributed by atoms with E-state index in [1.807, 2.05) is 6.92 Å². The van der Waals surface area contributed by atoms with E-state index in [0.29, 0.717) is 5.69 Å². The van der Waals surface area contributed by atoms with Gasteiger partial charge >= 0.3 is 0 Å². The normalized spacial score (nSPS) is 21.0. The van der Waals surface area contributed by atoms with E-state index < -0.39 is 0 Å². The number of amides is 1. The number of aromatic hydroxyl groups is 3. The number of epoxide rings is 1. The van der Waals surface area contributed by atoms with E-state index in [0.717, 1.165) is 25.7 Å². The van der Waals surface area contributed by atoms with Crippen molar-refractivity contribution in [1.82, 2.24) is 0 Å². The summed E-state index contributed by atoms with van der Waals surface area (Å²) in [6.45, 7) is 8.67. The average Bonchev–Trinajstić information content (AvgIpc) is 3.44. The molecule has 2 atom stereocenters. The summed E-state index contributed by atoms with van der Waals surface area (Å²) in [6, 6.07) is 7.33. The van der Waals surface area contributed by atoms with E-state index >= 15 is 0 Å². The molecule has 35 heavy (non-hydrogen) atoms. The number of phenols is 3. The van der Waals surface area contributed by atoms with Crippen molar-refractivity contribution in [2.45, 2.75) is 65.1 Å². The van der Waals surface area contributed by atoms with Crippen LogP contribution in [-0.2, 0) is 4.74 Å². The quantitative estimate of drug-likeness (QED) is 0.157. The summed E-state index contributed by atoms with van der Waals surface area (Å²) in [5, 5.41) is 34.0. The number of carbonyl (C=O) groups is 1. The lowest BCUT2D eigenvalue weighted by Gasteiger charge is -2.23. The summed E-state index contributed by atoms with van der Waals surface area (Å²) < 4.78 is 6.05. The Morgan fingerprint density at radius 3 is 2.60 bits per heavy atom. The van der Waals surface area contributed by atoms with Crippen LogP contribution in [0, 0.1) is 0 Å². The molecule has 7 heteroatoms. The Morgan fingerprint density at radius 1 is 1.09 bits per heavy atom. The van der Waals surface area contributed by atoms with E-state index in [2.05, 4.69) is 38.2 Å². The number of carbonyl (C=O) groups excluding carboxylic acids is 1. The molecule has 2 aromatic rings. The fraction of sp³-hybridized carbons (Fsp3) is 0.393. The van der Waals surface area contributed by atoms with Gasteiger partial charge in [-0.05, 0) is 65.5 Å². The van der Waals surface area contributed by atoms with Gasteiger partial charge in [0.05, 0.1) is 29.1 Å². The van der Waals surface area contributed by atoms with Gasteiger partial charge in [0.15, 0.2) is 0 Å². The molecule has 0 saturated carbocycles. The molecular weight excluding hydrogens is 444 g/mol. The molecule has 1 amide bonds. The number of hydrogen-bond donors (Lipinski definition) is 4. The molecule has 2 heterocycles. The zero-order valence-electron chi connectivity index (χ0n) is 20.8. The first-order valence-electron chi connectivity index (χ1n) is 12.0. The van der Waals surface area contributed by atoms with E-state index in [1.165, 1.54) is 34.2 Å². The second-order valence-electron chi connectivity index (χ2n) is 9.93. The minimum absolute atomic E-state index is 0.101. The van der Waals surface area contributed by atoms with Crippen LogP contribution >= 0.6 is 0 Å². The van der Waals surface area contributed by atoms with Crippen molar-refractivity contribution in [3.05, 3.63) is 59.2 Å². The van der Waals surface area contributed by atoms with Crippen molar-refractivity contribution in [1.29, 1.82) is 0 Å². The minimum Gasteiger partial charge on any atom is -0.508 e. The molecule has 0 bridgehead atoms. The van der Waals surface area contributed by atoms with Crippen molar-refractivity contribution >= 4 is 23.0 Å². The first-order chi connectivity index (χ1) is 16.6. The fourth-order valence-corrected chi connectivity index (χ4v) is 4.55. The molecule has 0 radical (unpaired) electrons. The Hall–Kier alpha value is -3.45. The number of rotatable bonds is 8. The van der Waals surface area contributed by atoms with Crippen LogP contribution in [-0.4, -0.2) is 39.5 Å². The molecule has 2 aliphatic rings. The minimum atomic E-state index is -0.364. The monoisotopic (exact) mass is 478 g/mol. The predicted molar refractivity (Wildman–Crippen MR) is 138 cm³/mol. The van der Waals surface area contributed by atoms with Crippen molar-refractivity contribution in [3.63, 3.8) is 0 Å². The number of ether oxygens (including phenoxy) is 1. The van der Waals surface area contributed by atoms with Crippen LogP contribution in [0.1, 0.15) is 63.7 Å². The zero-order valence-corrected chi connectivity index (χ0v) is 20.8. The van der Waals surface area contributed by atoms with Gasteiger partial charge in [-0.2, -0.15) is 0 Å². The number of para-hydroxylation sites is 1. The second-order valence-corrected chi connectivity index (χ2v) is 9.93. The van der Waals surface area contributed by atoms with Crippen LogP contribution in [0.3, 0.4) is 0 Å². The van der Waals surface area contributed by atoms with Gasteiger partial charge in [0, 0.05) is 12.1 Å². The number of nitrogens with one attached hydrogen (secondary N) is 1. The Labute approximate surface area is 206 Å². The van der Waals surface area contributed by atoms with Crippen LogP contribution in [0.4, 0.5) is 17.1 Å². The molecule has 2 unspecified atom stereocenters. The Balaban J connectivity index is 1.51. The van der Waals surface area contributed by atoms with Crippen molar-refractivity contribution < 1.29 is 24.9 Å². The molecule has 7 nitrogen and oxygen atoms in total. The molecule has 2 aliphatic heterocycles. The lowest BCUT2D eigenvalue weighted by molar-refractivity contribution is 0.0986. The van der Waals surface area contributed by atoms with Crippen molar-refractivity contribution in [2.24, 2.45) is 0 Å². The molecule has 0 spiro atoms. The predicted octanol–water partition coefficient (Wildman–Crippen LogP) is 6.14. The number of hydrogen-bond acceptors (Lipinski definition) is 6. The van der Waals surface area contributed by atoms with Crippen LogP contribution in [0.2, 0.25) is 0 Å². The Bertz CT molecular complexity index is 1200. The standard InChI is InChI=1S/C28H34N2O5/c1-17(2)8-5-9-18(3)10-7-13-28(4)24(35-28)16-30-21-14-19(31)15-23(33)26(21)29-25-20(27(30)34)11-6-12-22(25)32/h6,8,10-12,14-15,24,29,31-33H,5,7,9,13,16H2,1-4H3/b18-10+. The van der Waals surface area contributed by atoms with Crippen molar-refractivity contribution in [3.8, 4) is 17.2 Å². The average molecular weight is 479 g/mol. The van der Waals surface area contributed by atoms with Gasteiger partial charge < -0.3 is 30.3 Å². The summed E-state index contributed by atoms with van der Waals surface area (Å²) in [6.07, 6.45) is 8.11. The molecule has 0 aromatic heterocycles. The number of allylic oxidation sites excluding steroid dienone is 4. The third kappa shape index (κ3) is 5.30. The van der Waals surface area contributed by atoms with Crippen molar-refractivity contribution in [2.75, 3.05) is 16.8 Å². The van der Waals surface area contributed by atoms with Crippen LogP contribution in [0.15, 0.2) is 53.6 Å². The van der Waals surface area contributed by atoms with Gasteiger partial charge in [0.1, 0.15) is 29.0 Å². The first kappa shape index (κ1) is 24.7. The molecular formula is C28H34N2O5. The fourth-order valence-electron chi connectivity index (χ4n) is 4.55. The van der Waals surface area contributed by atoms with Crippen LogP contribution < -0.4 is 10.2 Å². The highest BCUT2D eigenvalue weighted by Gasteiger charge is 2.53. The van der Waals surface area contributed by atoms with Gasteiger partial charge in [0.2, 0.25) is 0 Å². The Morgan fingerprint density at radius 2 is 1.86 bits per heavy atom. The van der Waals surface area contributed by atoms with E-state index in [4.69, 9.17) is 4.74 Å². The van der Waals surface area contributed by atoms with Gasteiger partial charge in [-0.25, -0.2) is 0 Å². The number of nitrogens with zero attached hydrogens (tertiary/aromatic N) is 1. The zero-order chi connectivity index (χ0) is 25.3. The maximum atomic E-state index is 13.5. The molecule has 1 saturated heterocycles. The van der Waals surface area contributed by atoms with E-state index in [-0.39, 0.29) is 58.3 Å². The largest absolute Gasteiger partial charge is 0.508 e. The third-order valence-electron chi connectivity index (χ3n) is 6.75. The van der Waals surface area contributed by atoms with Gasteiger partial charge in [0.25, 0.3) is 5.91 Å². The highest BCUT2D eigenvalue weighted by Crippen LogP contribution is 2.48. The molecule has 186 valence electrons. The summed E-state index contributed by atoms with van der Waals surface area (Å²) >= 11 is 0. The maximum Gasteiger partial charge on any atom is 0.260 e. The van der Waals surface area contributed by atoms with Gasteiger partial charge in [-0.15, -0.1) is 0 Å². The highest BCUT2D eigenvalue weighted by molar-refractivity contribution is 6.15. The molecule has 4 rings (SSSR count). The number of benzene rings is 2. The van der Waals surface area contributed by atoms with Crippen LogP contribution in [0.25, 0.3) is 0 Å². The van der Waals surface area contributed by atoms with E-state index in [1.54, 1.807) is 12.1 Å². The van der Waals surface area contributed by atoms with Crippen LogP contribution in [0.5, 0.6) is 17.2 Å². The molecule has 1 fully saturated rings. The molecule has 2 aromatic carbocycles. The number of fused-ring (bicyclic) bond motifs is 2. The van der Waals surface area contributed by atoms with E-state index in [9.17, 15) is 20.1 Å². The lowest BCUT2D eigenvalue weighted by Crippen LogP contribution is -2.35. The first-order valence-corrected chi connectivity index (χ1v) is 12.0. The third-order valence-corrected chi connectivity index (χ3v) is 6.75. The lowest BCUT2D eigenvalue weighted by atomic mass is 9.99. The number of anilines is 3. The summed E-state index contributed by atoms with van der Waals surface area (Å²) in [5.74, 6) is -0.832. The van der Waals surface area contributed by atoms with Gasteiger partial charge in [-0.3, -0.25) is 4.79 Å². The molecule has 4 N–H and O–H groups in total. The SMILES string of the molecule is CC(C)=CCC/C(C)=C/CCC1(C)OC1CN1C(=O)c2cccc(O)c2Nc2c(O)cc(O)cc21. The summed E-state index contributed by atoms with van der Waals surface area (Å²) in [7, 11) is 0. The number of phenolic OH excluding ortho intramolecular Hbond substituents is 3. The smallest absolute Gasteiger partial charge is 0.260 e. The summed E-state index contributed by atoms with van der Waals surface area (Å²) in [5.41, 5.74) is 3.39. The topological polar surface area (TPSA) is 106 Å². The second kappa shape index (κ2) is 9.66.